The Morgan fingerprint density at radius 3 is 2.74 bits per heavy atom. The fraction of sp³-hybridized carbons (Fsp3) is 0.267. The molecule has 0 spiro atoms. The molecule has 4 heteroatoms. The van der Waals surface area contributed by atoms with Gasteiger partial charge in [-0.05, 0) is 31.5 Å². The summed E-state index contributed by atoms with van der Waals surface area (Å²) in [6.45, 7) is 4.06. The monoisotopic (exact) mass is 274 g/mol. The fourth-order valence-corrected chi connectivity index (χ4v) is 2.78. The molecule has 2 rings (SSSR count). The van der Waals surface area contributed by atoms with E-state index in [0.717, 1.165) is 28.6 Å². The standard InChI is InChI=1S/C15H18N2OS/c1-10-4-5-12(16)7-15(10)19-9-13-8-14(18-3)6-11(2)17-13/h4-8H,9,16H2,1-3H3. The van der Waals surface area contributed by atoms with E-state index < -0.39 is 0 Å². The minimum absolute atomic E-state index is 0.794. The van der Waals surface area contributed by atoms with Gasteiger partial charge < -0.3 is 10.5 Å². The van der Waals surface area contributed by atoms with E-state index in [1.807, 2.05) is 37.3 Å². The van der Waals surface area contributed by atoms with Gasteiger partial charge in [0.15, 0.2) is 0 Å². The van der Waals surface area contributed by atoms with Crippen LogP contribution in [0, 0.1) is 13.8 Å². The van der Waals surface area contributed by atoms with E-state index in [1.165, 1.54) is 10.5 Å². The lowest BCUT2D eigenvalue weighted by Crippen LogP contribution is -1.94. The second-order valence-electron chi connectivity index (χ2n) is 4.45. The molecular weight excluding hydrogens is 256 g/mol. The Morgan fingerprint density at radius 2 is 2.00 bits per heavy atom. The summed E-state index contributed by atoms with van der Waals surface area (Å²) in [5.74, 6) is 1.66. The predicted octanol–water partition coefficient (Wildman–Crippen LogP) is 3.58. The minimum Gasteiger partial charge on any atom is -0.497 e. The summed E-state index contributed by atoms with van der Waals surface area (Å²) in [6.07, 6.45) is 0. The number of anilines is 1. The smallest absolute Gasteiger partial charge is 0.122 e. The fourth-order valence-electron chi connectivity index (χ4n) is 1.82. The second kappa shape index (κ2) is 5.97. The number of methoxy groups -OCH3 is 1. The van der Waals surface area contributed by atoms with Gasteiger partial charge >= 0.3 is 0 Å². The summed E-state index contributed by atoms with van der Waals surface area (Å²) in [6, 6.07) is 9.88. The Hall–Kier alpha value is -1.68. The van der Waals surface area contributed by atoms with Crippen molar-refractivity contribution in [2.75, 3.05) is 12.8 Å². The number of pyridine rings is 1. The molecule has 1 aromatic heterocycles. The minimum atomic E-state index is 0.794. The van der Waals surface area contributed by atoms with Crippen molar-refractivity contribution in [3.63, 3.8) is 0 Å². The first-order valence-corrected chi connectivity index (χ1v) is 7.07. The molecule has 1 heterocycles. The van der Waals surface area contributed by atoms with Crippen LogP contribution in [0.5, 0.6) is 5.75 Å². The third-order valence-corrected chi connectivity index (χ3v) is 3.99. The van der Waals surface area contributed by atoms with Crippen molar-refractivity contribution in [2.24, 2.45) is 0 Å². The zero-order valence-electron chi connectivity index (χ0n) is 11.4. The van der Waals surface area contributed by atoms with E-state index >= 15 is 0 Å². The number of hydrogen-bond donors (Lipinski definition) is 1. The molecule has 2 N–H and O–H groups in total. The van der Waals surface area contributed by atoms with Crippen LogP contribution < -0.4 is 10.5 Å². The summed E-state index contributed by atoms with van der Waals surface area (Å²) < 4.78 is 5.26. The van der Waals surface area contributed by atoms with Crippen molar-refractivity contribution < 1.29 is 4.74 Å². The number of aryl methyl sites for hydroxylation is 2. The molecule has 0 amide bonds. The van der Waals surface area contributed by atoms with Gasteiger partial charge in [0.1, 0.15) is 5.75 Å². The highest BCUT2D eigenvalue weighted by atomic mass is 32.2. The number of benzene rings is 1. The number of aromatic nitrogens is 1. The summed E-state index contributed by atoms with van der Waals surface area (Å²) in [4.78, 5) is 5.71. The molecule has 19 heavy (non-hydrogen) atoms. The van der Waals surface area contributed by atoms with Gasteiger partial charge in [-0.1, -0.05) is 6.07 Å². The van der Waals surface area contributed by atoms with Crippen molar-refractivity contribution in [1.82, 2.24) is 4.98 Å². The summed E-state index contributed by atoms with van der Waals surface area (Å²) in [5.41, 5.74) is 9.84. The molecule has 0 aliphatic carbocycles. The topological polar surface area (TPSA) is 48.1 Å². The first-order valence-electron chi connectivity index (χ1n) is 6.09. The highest BCUT2D eigenvalue weighted by molar-refractivity contribution is 7.98. The maximum Gasteiger partial charge on any atom is 0.122 e. The summed E-state index contributed by atoms with van der Waals surface area (Å²) >= 11 is 1.74. The number of nitrogens with two attached hydrogens (primary N) is 1. The van der Waals surface area contributed by atoms with E-state index in [1.54, 1.807) is 18.9 Å². The van der Waals surface area contributed by atoms with Crippen LogP contribution in [-0.4, -0.2) is 12.1 Å². The lowest BCUT2D eigenvalue weighted by molar-refractivity contribution is 0.413. The van der Waals surface area contributed by atoms with Crippen LogP contribution in [0.1, 0.15) is 17.0 Å². The number of hydrogen-bond acceptors (Lipinski definition) is 4. The Labute approximate surface area is 118 Å². The molecule has 0 atom stereocenters. The van der Waals surface area contributed by atoms with E-state index in [4.69, 9.17) is 10.5 Å². The molecule has 100 valence electrons. The first-order chi connectivity index (χ1) is 9.08. The van der Waals surface area contributed by atoms with Crippen molar-refractivity contribution in [3.05, 3.63) is 47.3 Å². The molecular formula is C15H18N2OS. The largest absolute Gasteiger partial charge is 0.497 e. The van der Waals surface area contributed by atoms with Gasteiger partial charge in [0.25, 0.3) is 0 Å². The average molecular weight is 274 g/mol. The van der Waals surface area contributed by atoms with Crippen LogP contribution in [-0.2, 0) is 5.75 Å². The number of rotatable bonds is 4. The third-order valence-electron chi connectivity index (χ3n) is 2.80. The molecule has 3 nitrogen and oxygen atoms in total. The Balaban J connectivity index is 2.14. The van der Waals surface area contributed by atoms with Crippen LogP contribution in [0.3, 0.4) is 0 Å². The molecule has 0 aliphatic rings. The second-order valence-corrected chi connectivity index (χ2v) is 5.47. The lowest BCUT2D eigenvalue weighted by atomic mass is 10.2. The molecule has 0 saturated carbocycles. The van der Waals surface area contributed by atoms with Gasteiger partial charge in [0, 0.05) is 34.2 Å². The predicted molar refractivity (Wildman–Crippen MR) is 80.7 cm³/mol. The Bertz CT molecular complexity index is 584. The molecule has 0 fully saturated rings. The van der Waals surface area contributed by atoms with E-state index in [0.29, 0.717) is 0 Å². The van der Waals surface area contributed by atoms with Crippen LogP contribution in [0.4, 0.5) is 5.69 Å². The van der Waals surface area contributed by atoms with E-state index in [-0.39, 0.29) is 0 Å². The first kappa shape index (κ1) is 13.7. The molecule has 0 saturated heterocycles. The van der Waals surface area contributed by atoms with Gasteiger partial charge in [-0.15, -0.1) is 11.8 Å². The van der Waals surface area contributed by atoms with E-state index in [9.17, 15) is 0 Å². The van der Waals surface area contributed by atoms with Crippen LogP contribution in [0.2, 0.25) is 0 Å². The highest BCUT2D eigenvalue weighted by Crippen LogP contribution is 2.28. The number of nitrogens with zero attached hydrogens (tertiary/aromatic N) is 1. The molecule has 0 unspecified atom stereocenters. The maximum atomic E-state index is 5.82. The number of nitrogen functional groups attached to an aromatic ring is 1. The molecule has 0 bridgehead atoms. The quantitative estimate of drug-likeness (QED) is 0.684. The van der Waals surface area contributed by atoms with Gasteiger partial charge in [0.2, 0.25) is 0 Å². The molecule has 0 radical (unpaired) electrons. The molecule has 1 aromatic carbocycles. The van der Waals surface area contributed by atoms with Crippen molar-refractivity contribution in [1.29, 1.82) is 0 Å². The van der Waals surface area contributed by atoms with Gasteiger partial charge in [-0.2, -0.15) is 0 Å². The Morgan fingerprint density at radius 1 is 1.21 bits per heavy atom. The number of ether oxygens (including phenoxy) is 1. The summed E-state index contributed by atoms with van der Waals surface area (Å²) in [7, 11) is 1.67. The van der Waals surface area contributed by atoms with Gasteiger partial charge in [-0.25, -0.2) is 0 Å². The normalized spacial score (nSPS) is 10.5. The van der Waals surface area contributed by atoms with Gasteiger partial charge in [-0.3, -0.25) is 4.98 Å². The van der Waals surface area contributed by atoms with Crippen LogP contribution >= 0.6 is 11.8 Å². The van der Waals surface area contributed by atoms with Crippen LogP contribution in [0.25, 0.3) is 0 Å². The van der Waals surface area contributed by atoms with Crippen molar-refractivity contribution in [3.8, 4) is 5.75 Å². The zero-order chi connectivity index (χ0) is 13.8. The summed E-state index contributed by atoms with van der Waals surface area (Å²) in [5, 5.41) is 0. The maximum absolute atomic E-state index is 5.82. The third kappa shape index (κ3) is 3.64. The average Bonchev–Trinajstić information content (AvgIpc) is 2.39. The van der Waals surface area contributed by atoms with Gasteiger partial charge in [0.05, 0.1) is 12.8 Å². The highest BCUT2D eigenvalue weighted by Gasteiger charge is 2.04. The van der Waals surface area contributed by atoms with Crippen molar-refractivity contribution >= 4 is 17.4 Å². The Kier molecular flexibility index (Phi) is 4.32. The zero-order valence-corrected chi connectivity index (χ0v) is 12.3. The SMILES string of the molecule is COc1cc(C)nc(CSc2cc(N)ccc2C)c1. The molecule has 0 aliphatic heterocycles. The number of thioether (sulfide) groups is 1. The van der Waals surface area contributed by atoms with Crippen molar-refractivity contribution in [2.45, 2.75) is 24.5 Å². The van der Waals surface area contributed by atoms with E-state index in [2.05, 4.69) is 11.9 Å². The molecule has 2 aromatic rings. The lowest BCUT2D eigenvalue weighted by Gasteiger charge is -2.08. The van der Waals surface area contributed by atoms with Crippen LogP contribution in [0.15, 0.2) is 35.2 Å².